The molecule has 0 bridgehead atoms. The van der Waals surface area contributed by atoms with Gasteiger partial charge in [-0.05, 0) is 24.1 Å². The van der Waals surface area contributed by atoms with E-state index in [1.165, 1.54) is 24.3 Å². The lowest BCUT2D eigenvalue weighted by Gasteiger charge is -2.04. The van der Waals surface area contributed by atoms with Crippen LogP contribution in [-0.4, -0.2) is 12.0 Å². The van der Waals surface area contributed by atoms with Crippen LogP contribution in [0.15, 0.2) is 24.3 Å². The van der Waals surface area contributed by atoms with Crippen LogP contribution in [0.2, 0.25) is 0 Å². The van der Waals surface area contributed by atoms with Crippen LogP contribution in [0, 0.1) is 0 Å². The Labute approximate surface area is 95.5 Å². The maximum Gasteiger partial charge on any atom is 0.449 e. The van der Waals surface area contributed by atoms with Gasteiger partial charge in [-0.3, -0.25) is 4.79 Å². The Balaban J connectivity index is 2.62. The zero-order chi connectivity index (χ0) is 13.1. The van der Waals surface area contributed by atoms with Gasteiger partial charge in [0.05, 0.1) is 5.30 Å². The molecule has 0 fully saturated rings. The summed E-state index contributed by atoms with van der Waals surface area (Å²) >= 11 is 0. The number of aryl methyl sites for hydroxylation is 1. The number of rotatable bonds is 4. The van der Waals surface area contributed by atoms with Crippen molar-refractivity contribution in [2.75, 3.05) is 0 Å². The van der Waals surface area contributed by atoms with Crippen molar-refractivity contribution < 1.29 is 27.1 Å². The lowest BCUT2D eigenvalue weighted by atomic mass is 10.1. The monoisotopic (exact) mass is 264 g/mol. The van der Waals surface area contributed by atoms with Crippen LogP contribution in [0.1, 0.15) is 12.0 Å². The number of hydrogen-bond acceptors (Lipinski definition) is 3. The summed E-state index contributed by atoms with van der Waals surface area (Å²) < 4.78 is 56.8. The second kappa shape index (κ2) is 5.27. The van der Waals surface area contributed by atoms with Gasteiger partial charge in [0.25, 0.3) is 0 Å². The molecule has 0 aliphatic carbocycles. The first-order chi connectivity index (χ1) is 7.80. The first-order valence-electron chi connectivity index (χ1n) is 4.64. The van der Waals surface area contributed by atoms with Crippen LogP contribution in [0.25, 0.3) is 0 Å². The summed E-state index contributed by atoms with van der Waals surface area (Å²) in [5, 5.41) is 0.0888. The van der Waals surface area contributed by atoms with Crippen LogP contribution in [0.5, 0.6) is 0 Å². The van der Waals surface area contributed by atoms with E-state index in [9.17, 15) is 27.1 Å². The lowest BCUT2D eigenvalue weighted by molar-refractivity contribution is -0.171. The Morgan fingerprint density at radius 1 is 1.12 bits per heavy atom. The van der Waals surface area contributed by atoms with Gasteiger partial charge >= 0.3 is 13.9 Å². The highest BCUT2D eigenvalue weighted by Gasteiger charge is 2.37. The second-order valence-electron chi connectivity index (χ2n) is 3.34. The van der Waals surface area contributed by atoms with Gasteiger partial charge in [0.2, 0.25) is 5.78 Å². The van der Waals surface area contributed by atoms with E-state index in [-0.39, 0.29) is 11.7 Å². The summed E-state index contributed by atoms with van der Waals surface area (Å²) in [5.74, 6) is -1.78. The van der Waals surface area contributed by atoms with Crippen molar-refractivity contribution >= 4 is 18.8 Å². The molecule has 0 radical (unpaired) electrons. The van der Waals surface area contributed by atoms with E-state index < -0.39 is 26.1 Å². The quantitative estimate of drug-likeness (QED) is 0.785. The Hall–Kier alpha value is -1.42. The normalized spacial score (nSPS) is 11.2. The number of carbonyl (C=O) groups is 1. The first-order valence-corrected chi connectivity index (χ1v) is 5.82. The number of alkyl halides is 3. The molecule has 1 aromatic carbocycles. The van der Waals surface area contributed by atoms with E-state index in [0.717, 1.165) is 0 Å². The molecule has 0 saturated heterocycles. The molecule has 0 unspecified atom stereocenters. The fourth-order valence-corrected chi connectivity index (χ4v) is 1.58. The number of ketones is 1. The third kappa shape index (κ3) is 4.15. The molecule has 3 nitrogen and oxygen atoms in total. The molecule has 0 amide bonds. The van der Waals surface area contributed by atoms with Gasteiger partial charge in [-0.15, -0.1) is 0 Å². The fourth-order valence-electron chi connectivity index (χ4n) is 1.18. The molecule has 0 N–H and O–H groups in total. The molecule has 92 valence electrons. The van der Waals surface area contributed by atoms with Crippen LogP contribution in [-0.2, 0) is 20.3 Å². The molecule has 1 rings (SSSR count). The minimum absolute atomic E-state index is 0.0612. The largest absolute Gasteiger partial charge is 0.449 e. The minimum Gasteiger partial charge on any atom is -0.290 e. The molecule has 17 heavy (non-hydrogen) atoms. The minimum atomic E-state index is -4.81. The maximum absolute atomic E-state index is 11.9. The van der Waals surface area contributed by atoms with Crippen molar-refractivity contribution in [3.05, 3.63) is 29.8 Å². The number of carbonyl (C=O) groups excluding carboxylic acids is 1. The molecule has 1 aromatic rings. The van der Waals surface area contributed by atoms with Gasteiger partial charge in [-0.1, -0.05) is 12.1 Å². The van der Waals surface area contributed by atoms with Gasteiger partial charge in [-0.2, -0.15) is 13.2 Å². The molecule has 0 saturated carbocycles. The summed E-state index contributed by atoms with van der Waals surface area (Å²) in [4.78, 5) is 10.6. The number of halogens is 3. The van der Waals surface area contributed by atoms with Crippen molar-refractivity contribution in [3.63, 3.8) is 0 Å². The van der Waals surface area contributed by atoms with E-state index in [4.69, 9.17) is 0 Å². The standard InChI is InChI=1S/C10H8F3O3P/c11-10(12,13)9(14)6-3-7-1-4-8(5-2-7)17(15)16/h1-2,4-5H,3,6H2. The van der Waals surface area contributed by atoms with Crippen LogP contribution in [0.3, 0.4) is 0 Å². The zero-order valence-electron chi connectivity index (χ0n) is 8.53. The SMILES string of the molecule is O=C(CCc1ccc(P(=O)=O)cc1)C(F)(F)F. The molecular formula is C10H8F3O3P. The Morgan fingerprint density at radius 2 is 1.65 bits per heavy atom. The average Bonchev–Trinajstić information content (AvgIpc) is 2.25. The van der Waals surface area contributed by atoms with Crippen molar-refractivity contribution in [2.24, 2.45) is 0 Å². The van der Waals surface area contributed by atoms with Gasteiger partial charge in [0.1, 0.15) is 0 Å². The summed E-state index contributed by atoms with van der Waals surface area (Å²) in [5.41, 5.74) is 0.489. The van der Waals surface area contributed by atoms with E-state index in [1.54, 1.807) is 0 Å². The summed E-state index contributed by atoms with van der Waals surface area (Å²) in [6.45, 7) is 0. The predicted octanol–water partition coefficient (Wildman–Crippen LogP) is 2.55. The summed E-state index contributed by atoms with van der Waals surface area (Å²) in [7, 11) is -2.70. The zero-order valence-corrected chi connectivity index (χ0v) is 9.42. The van der Waals surface area contributed by atoms with Crippen LogP contribution < -0.4 is 5.30 Å². The molecule has 0 spiro atoms. The Kier molecular flexibility index (Phi) is 4.23. The van der Waals surface area contributed by atoms with E-state index in [1.807, 2.05) is 0 Å². The van der Waals surface area contributed by atoms with Gasteiger partial charge in [-0.25, -0.2) is 9.13 Å². The van der Waals surface area contributed by atoms with E-state index in [2.05, 4.69) is 0 Å². The molecule has 0 aliphatic rings. The topological polar surface area (TPSA) is 51.2 Å². The number of hydrogen-bond donors (Lipinski definition) is 0. The molecule has 7 heteroatoms. The van der Waals surface area contributed by atoms with E-state index in [0.29, 0.717) is 5.56 Å². The van der Waals surface area contributed by atoms with Gasteiger partial charge in [0, 0.05) is 6.42 Å². The highest BCUT2D eigenvalue weighted by Crippen LogP contribution is 2.19. The average molecular weight is 264 g/mol. The number of benzene rings is 1. The van der Waals surface area contributed by atoms with Crippen LogP contribution in [0.4, 0.5) is 13.2 Å². The summed E-state index contributed by atoms with van der Waals surface area (Å²) in [6.07, 6.45) is -5.50. The fraction of sp³-hybridized carbons (Fsp3) is 0.300. The van der Waals surface area contributed by atoms with Crippen molar-refractivity contribution in [2.45, 2.75) is 19.0 Å². The summed E-state index contributed by atoms with van der Waals surface area (Å²) in [6, 6.07) is 5.37. The lowest BCUT2D eigenvalue weighted by Crippen LogP contribution is -2.22. The second-order valence-corrected chi connectivity index (χ2v) is 4.38. The van der Waals surface area contributed by atoms with Crippen molar-refractivity contribution in [1.82, 2.24) is 0 Å². The highest BCUT2D eigenvalue weighted by atomic mass is 31.1. The van der Waals surface area contributed by atoms with E-state index >= 15 is 0 Å². The van der Waals surface area contributed by atoms with Gasteiger partial charge < -0.3 is 0 Å². The Bertz CT molecular complexity index is 467. The first kappa shape index (κ1) is 13.6. The van der Waals surface area contributed by atoms with Crippen molar-refractivity contribution in [3.8, 4) is 0 Å². The third-order valence-corrected chi connectivity index (χ3v) is 2.82. The molecule has 0 atom stereocenters. The van der Waals surface area contributed by atoms with Crippen molar-refractivity contribution in [1.29, 1.82) is 0 Å². The molecular weight excluding hydrogens is 256 g/mol. The van der Waals surface area contributed by atoms with Gasteiger partial charge in [0.15, 0.2) is 0 Å². The smallest absolute Gasteiger partial charge is 0.290 e. The number of Topliss-reactive ketones (excluding diaryl/α,β-unsaturated/α-hetero) is 1. The third-order valence-electron chi connectivity index (χ3n) is 2.10. The predicted molar refractivity (Wildman–Crippen MR) is 53.8 cm³/mol. The molecule has 0 aromatic heterocycles. The molecule has 0 aliphatic heterocycles. The highest BCUT2D eigenvalue weighted by molar-refractivity contribution is 7.40. The van der Waals surface area contributed by atoms with Crippen LogP contribution >= 0.6 is 7.68 Å². The molecule has 0 heterocycles. The Morgan fingerprint density at radius 3 is 2.06 bits per heavy atom. The maximum atomic E-state index is 11.9.